The molecule has 0 bridgehead atoms. The molecule has 0 spiro atoms. The first-order chi connectivity index (χ1) is 11.6. The molecule has 0 aliphatic carbocycles. The standard InChI is InChI=1S/C15H19N5O3S/c21-15-14(8-4-5-9-16-15)20-11-12(18-19-20)10-17-24(22,23)13-6-2-1-3-7-13/h1-3,6-7,11,14,17H,4-5,8-10H2,(H,16,21). The van der Waals surface area contributed by atoms with Crippen molar-refractivity contribution in [2.24, 2.45) is 0 Å². The van der Waals surface area contributed by atoms with Crippen LogP contribution in [0.15, 0.2) is 41.4 Å². The van der Waals surface area contributed by atoms with Crippen molar-refractivity contribution in [3.63, 3.8) is 0 Å². The number of benzene rings is 1. The quantitative estimate of drug-likeness (QED) is 0.822. The van der Waals surface area contributed by atoms with Gasteiger partial charge in [0.25, 0.3) is 0 Å². The van der Waals surface area contributed by atoms with E-state index in [4.69, 9.17) is 0 Å². The third-order valence-electron chi connectivity index (χ3n) is 3.88. The van der Waals surface area contributed by atoms with Gasteiger partial charge in [-0.1, -0.05) is 23.4 Å². The van der Waals surface area contributed by atoms with Crippen molar-refractivity contribution in [2.75, 3.05) is 6.54 Å². The monoisotopic (exact) mass is 349 g/mol. The smallest absolute Gasteiger partial charge is 0.244 e. The van der Waals surface area contributed by atoms with Gasteiger partial charge >= 0.3 is 0 Å². The fourth-order valence-electron chi connectivity index (χ4n) is 2.57. The van der Waals surface area contributed by atoms with Crippen LogP contribution in [-0.2, 0) is 21.4 Å². The Balaban J connectivity index is 1.67. The van der Waals surface area contributed by atoms with E-state index in [0.717, 1.165) is 12.8 Å². The van der Waals surface area contributed by atoms with Gasteiger partial charge in [-0.3, -0.25) is 4.79 Å². The maximum atomic E-state index is 12.2. The number of sulfonamides is 1. The zero-order valence-electron chi connectivity index (χ0n) is 13.1. The average molecular weight is 349 g/mol. The van der Waals surface area contributed by atoms with Gasteiger partial charge in [-0.15, -0.1) is 5.10 Å². The van der Waals surface area contributed by atoms with Crippen LogP contribution in [0.1, 0.15) is 31.0 Å². The second kappa shape index (κ2) is 7.10. The summed E-state index contributed by atoms with van der Waals surface area (Å²) in [6, 6.07) is 7.73. The molecule has 1 saturated heterocycles. The Morgan fingerprint density at radius 1 is 1.25 bits per heavy atom. The summed E-state index contributed by atoms with van der Waals surface area (Å²) >= 11 is 0. The zero-order chi connectivity index (χ0) is 17.0. The SMILES string of the molecule is O=C1NCCCCC1n1cc(CNS(=O)(=O)c2ccccc2)nn1. The Labute approximate surface area is 140 Å². The largest absolute Gasteiger partial charge is 0.354 e. The Morgan fingerprint density at radius 2 is 2.04 bits per heavy atom. The summed E-state index contributed by atoms with van der Waals surface area (Å²) in [7, 11) is -3.60. The van der Waals surface area contributed by atoms with Crippen LogP contribution in [-0.4, -0.2) is 35.9 Å². The number of nitrogens with one attached hydrogen (secondary N) is 2. The summed E-state index contributed by atoms with van der Waals surface area (Å²) in [6.07, 6.45) is 4.19. The highest BCUT2D eigenvalue weighted by Crippen LogP contribution is 2.17. The highest BCUT2D eigenvalue weighted by molar-refractivity contribution is 7.89. The molecular weight excluding hydrogens is 330 g/mol. The molecule has 1 amide bonds. The van der Waals surface area contributed by atoms with Crippen LogP contribution in [0.25, 0.3) is 0 Å². The second-order valence-corrected chi connectivity index (χ2v) is 7.40. The molecule has 9 heteroatoms. The van der Waals surface area contributed by atoms with Gasteiger partial charge in [-0.2, -0.15) is 0 Å². The van der Waals surface area contributed by atoms with Crippen LogP contribution < -0.4 is 10.0 Å². The minimum absolute atomic E-state index is 0.0194. The fourth-order valence-corrected chi connectivity index (χ4v) is 3.59. The Bertz CT molecular complexity index is 804. The number of hydrogen-bond donors (Lipinski definition) is 2. The number of amides is 1. The van der Waals surface area contributed by atoms with E-state index in [1.165, 1.54) is 16.8 Å². The van der Waals surface area contributed by atoms with Crippen LogP contribution in [0.4, 0.5) is 0 Å². The van der Waals surface area contributed by atoms with E-state index in [-0.39, 0.29) is 23.4 Å². The Hall–Kier alpha value is -2.26. The van der Waals surface area contributed by atoms with Gasteiger partial charge in [0.2, 0.25) is 15.9 Å². The highest BCUT2D eigenvalue weighted by Gasteiger charge is 2.24. The lowest BCUT2D eigenvalue weighted by molar-refractivity contribution is -0.124. The number of carbonyl (C=O) groups excluding carboxylic acids is 1. The molecule has 1 atom stereocenters. The van der Waals surface area contributed by atoms with Gasteiger partial charge in [-0.05, 0) is 31.4 Å². The summed E-state index contributed by atoms with van der Waals surface area (Å²) in [5.74, 6) is -0.0752. The number of hydrogen-bond acceptors (Lipinski definition) is 5. The van der Waals surface area contributed by atoms with Crippen molar-refractivity contribution in [1.82, 2.24) is 25.0 Å². The molecule has 1 fully saturated rings. The van der Waals surface area contributed by atoms with Gasteiger partial charge in [0.15, 0.2) is 0 Å². The first kappa shape index (κ1) is 16.6. The molecule has 1 aliphatic rings. The van der Waals surface area contributed by atoms with Crippen LogP contribution in [0.2, 0.25) is 0 Å². The maximum absolute atomic E-state index is 12.2. The van der Waals surface area contributed by atoms with E-state index in [2.05, 4.69) is 20.4 Å². The van der Waals surface area contributed by atoms with E-state index < -0.39 is 10.0 Å². The third-order valence-corrected chi connectivity index (χ3v) is 5.30. The van der Waals surface area contributed by atoms with Gasteiger partial charge in [0.05, 0.1) is 23.3 Å². The molecule has 0 saturated carbocycles. The van der Waals surface area contributed by atoms with Crippen molar-refractivity contribution < 1.29 is 13.2 Å². The maximum Gasteiger partial charge on any atom is 0.244 e. The van der Waals surface area contributed by atoms with E-state index in [1.54, 1.807) is 24.4 Å². The molecule has 8 nitrogen and oxygen atoms in total. The van der Waals surface area contributed by atoms with Crippen LogP contribution in [0.3, 0.4) is 0 Å². The summed E-state index contributed by atoms with van der Waals surface area (Å²) in [5.41, 5.74) is 0.464. The Kier molecular flexibility index (Phi) is 4.91. The number of rotatable bonds is 5. The lowest BCUT2D eigenvalue weighted by atomic mass is 10.1. The summed E-state index contributed by atoms with van der Waals surface area (Å²) in [4.78, 5) is 12.2. The van der Waals surface area contributed by atoms with Crippen molar-refractivity contribution in [3.8, 4) is 0 Å². The molecule has 128 valence electrons. The van der Waals surface area contributed by atoms with Crippen LogP contribution in [0.5, 0.6) is 0 Å². The predicted octanol–water partition coefficient (Wildman–Crippen LogP) is 0.598. The number of carbonyl (C=O) groups is 1. The molecule has 1 aromatic carbocycles. The van der Waals surface area contributed by atoms with Crippen molar-refractivity contribution >= 4 is 15.9 Å². The summed E-state index contributed by atoms with van der Waals surface area (Å²) < 4.78 is 28.4. The van der Waals surface area contributed by atoms with Crippen molar-refractivity contribution in [1.29, 1.82) is 0 Å². The molecule has 2 aromatic rings. The second-order valence-electron chi connectivity index (χ2n) is 5.63. The van der Waals surface area contributed by atoms with Crippen molar-refractivity contribution in [2.45, 2.75) is 36.7 Å². The van der Waals surface area contributed by atoms with E-state index >= 15 is 0 Å². The first-order valence-corrected chi connectivity index (χ1v) is 9.28. The minimum atomic E-state index is -3.60. The van der Waals surface area contributed by atoms with Gasteiger partial charge in [0.1, 0.15) is 6.04 Å². The number of aromatic nitrogens is 3. The lowest BCUT2D eigenvalue weighted by Gasteiger charge is -2.12. The fraction of sp³-hybridized carbons (Fsp3) is 0.400. The topological polar surface area (TPSA) is 106 Å². The molecule has 2 heterocycles. The first-order valence-electron chi connectivity index (χ1n) is 7.79. The van der Waals surface area contributed by atoms with Gasteiger partial charge in [0, 0.05) is 6.54 Å². The molecule has 0 radical (unpaired) electrons. The van der Waals surface area contributed by atoms with Crippen LogP contribution >= 0.6 is 0 Å². The molecule has 24 heavy (non-hydrogen) atoms. The molecule has 3 rings (SSSR count). The van der Waals surface area contributed by atoms with Crippen molar-refractivity contribution in [3.05, 3.63) is 42.2 Å². The van der Waals surface area contributed by atoms with E-state index in [1.807, 2.05) is 0 Å². The summed E-state index contributed by atoms with van der Waals surface area (Å²) in [6.45, 7) is 0.694. The normalized spacial score (nSPS) is 18.8. The minimum Gasteiger partial charge on any atom is -0.354 e. The Morgan fingerprint density at radius 3 is 2.83 bits per heavy atom. The van der Waals surface area contributed by atoms with E-state index in [9.17, 15) is 13.2 Å². The molecule has 1 unspecified atom stereocenters. The average Bonchev–Trinajstić information content (AvgIpc) is 2.95. The van der Waals surface area contributed by atoms with Gasteiger partial charge in [-0.25, -0.2) is 17.8 Å². The number of nitrogens with zero attached hydrogens (tertiary/aromatic N) is 3. The summed E-state index contributed by atoms with van der Waals surface area (Å²) in [5, 5.41) is 10.8. The third kappa shape index (κ3) is 3.80. The molecule has 1 aromatic heterocycles. The molecular formula is C15H19N5O3S. The van der Waals surface area contributed by atoms with E-state index in [0.29, 0.717) is 18.7 Å². The molecule has 1 aliphatic heterocycles. The highest BCUT2D eigenvalue weighted by atomic mass is 32.2. The van der Waals surface area contributed by atoms with Gasteiger partial charge < -0.3 is 5.32 Å². The molecule has 2 N–H and O–H groups in total. The predicted molar refractivity (Wildman–Crippen MR) is 86.4 cm³/mol. The van der Waals surface area contributed by atoms with Crippen LogP contribution in [0, 0.1) is 0 Å². The lowest BCUT2D eigenvalue weighted by Crippen LogP contribution is -2.31. The zero-order valence-corrected chi connectivity index (χ0v) is 13.9.